The molecular formula is C20H16N2O3. The molecular weight excluding hydrogens is 316 g/mol. The van der Waals surface area contributed by atoms with Crippen LogP contribution in [0, 0.1) is 0 Å². The average Bonchev–Trinajstić information content (AvgIpc) is 3.15. The predicted molar refractivity (Wildman–Crippen MR) is 93.4 cm³/mol. The SMILES string of the molecule is O=C(NCc1ccc2c(c1)OCO2)c1ccc(-c2ccccc2)nc1. The fraction of sp³-hybridized carbons (Fsp3) is 0.100. The van der Waals surface area contributed by atoms with Crippen molar-refractivity contribution in [3.05, 3.63) is 78.0 Å². The lowest BCUT2D eigenvalue weighted by atomic mass is 10.1. The molecule has 0 radical (unpaired) electrons. The fourth-order valence-corrected chi connectivity index (χ4v) is 2.64. The molecule has 0 fully saturated rings. The van der Waals surface area contributed by atoms with Crippen molar-refractivity contribution in [3.8, 4) is 22.8 Å². The lowest BCUT2D eigenvalue weighted by molar-refractivity contribution is 0.0950. The first-order chi connectivity index (χ1) is 12.3. The predicted octanol–water partition coefficient (Wildman–Crippen LogP) is 3.41. The molecule has 0 saturated carbocycles. The first-order valence-corrected chi connectivity index (χ1v) is 7.98. The molecule has 3 aromatic rings. The van der Waals surface area contributed by atoms with Gasteiger partial charge in [-0.05, 0) is 29.8 Å². The second-order valence-corrected chi connectivity index (χ2v) is 5.67. The lowest BCUT2D eigenvalue weighted by Crippen LogP contribution is -2.22. The zero-order valence-electron chi connectivity index (χ0n) is 13.4. The molecule has 1 aliphatic rings. The maximum Gasteiger partial charge on any atom is 0.253 e. The van der Waals surface area contributed by atoms with Crippen LogP contribution in [0.25, 0.3) is 11.3 Å². The molecule has 2 heterocycles. The van der Waals surface area contributed by atoms with Gasteiger partial charge in [-0.1, -0.05) is 36.4 Å². The van der Waals surface area contributed by atoms with Crippen molar-refractivity contribution in [1.29, 1.82) is 0 Å². The molecule has 2 aromatic carbocycles. The first kappa shape index (κ1) is 15.2. The quantitative estimate of drug-likeness (QED) is 0.795. The highest BCUT2D eigenvalue weighted by molar-refractivity contribution is 5.94. The van der Waals surface area contributed by atoms with Crippen LogP contribution in [0.3, 0.4) is 0 Å². The summed E-state index contributed by atoms with van der Waals surface area (Å²) < 4.78 is 10.6. The van der Waals surface area contributed by atoms with Gasteiger partial charge in [-0.2, -0.15) is 0 Å². The van der Waals surface area contributed by atoms with Gasteiger partial charge in [-0.25, -0.2) is 0 Å². The Hall–Kier alpha value is -3.34. The Bertz CT molecular complexity index is 893. The van der Waals surface area contributed by atoms with Crippen LogP contribution in [-0.4, -0.2) is 17.7 Å². The Morgan fingerprint density at radius 1 is 1.00 bits per heavy atom. The van der Waals surface area contributed by atoms with Crippen LogP contribution in [0.15, 0.2) is 66.9 Å². The fourth-order valence-electron chi connectivity index (χ4n) is 2.64. The molecule has 5 nitrogen and oxygen atoms in total. The molecule has 0 saturated heterocycles. The minimum absolute atomic E-state index is 0.162. The van der Waals surface area contributed by atoms with E-state index in [9.17, 15) is 4.79 Å². The highest BCUT2D eigenvalue weighted by Crippen LogP contribution is 2.32. The zero-order valence-corrected chi connectivity index (χ0v) is 13.4. The van der Waals surface area contributed by atoms with Crippen LogP contribution in [0.1, 0.15) is 15.9 Å². The van der Waals surface area contributed by atoms with Crippen molar-refractivity contribution in [2.24, 2.45) is 0 Å². The molecule has 124 valence electrons. The van der Waals surface area contributed by atoms with E-state index in [1.165, 1.54) is 0 Å². The first-order valence-electron chi connectivity index (χ1n) is 7.98. The molecule has 1 aliphatic heterocycles. The van der Waals surface area contributed by atoms with Crippen molar-refractivity contribution in [2.75, 3.05) is 6.79 Å². The molecule has 1 aromatic heterocycles. The second-order valence-electron chi connectivity index (χ2n) is 5.67. The van der Waals surface area contributed by atoms with Gasteiger partial charge in [0, 0.05) is 18.3 Å². The number of carbonyl (C=O) groups excluding carboxylic acids is 1. The largest absolute Gasteiger partial charge is 0.454 e. The second kappa shape index (κ2) is 6.65. The van der Waals surface area contributed by atoms with Gasteiger partial charge in [-0.15, -0.1) is 0 Å². The lowest BCUT2D eigenvalue weighted by Gasteiger charge is -2.07. The van der Waals surface area contributed by atoms with E-state index in [4.69, 9.17) is 9.47 Å². The molecule has 25 heavy (non-hydrogen) atoms. The molecule has 1 amide bonds. The van der Waals surface area contributed by atoms with Gasteiger partial charge in [0.2, 0.25) is 6.79 Å². The number of hydrogen-bond acceptors (Lipinski definition) is 4. The normalized spacial score (nSPS) is 12.0. The van der Waals surface area contributed by atoms with Crippen LogP contribution in [-0.2, 0) is 6.54 Å². The molecule has 0 aliphatic carbocycles. The maximum atomic E-state index is 12.3. The highest BCUT2D eigenvalue weighted by atomic mass is 16.7. The summed E-state index contributed by atoms with van der Waals surface area (Å²) in [5.74, 6) is 1.28. The van der Waals surface area contributed by atoms with Gasteiger partial charge >= 0.3 is 0 Å². The summed E-state index contributed by atoms with van der Waals surface area (Å²) in [6.45, 7) is 0.653. The third-order valence-corrected chi connectivity index (χ3v) is 3.99. The molecule has 5 heteroatoms. The van der Waals surface area contributed by atoms with Gasteiger partial charge in [0.25, 0.3) is 5.91 Å². The number of rotatable bonds is 4. The van der Waals surface area contributed by atoms with Gasteiger partial charge in [0.15, 0.2) is 11.5 Å². The number of carbonyl (C=O) groups is 1. The van der Waals surface area contributed by atoms with Crippen LogP contribution in [0.2, 0.25) is 0 Å². The third kappa shape index (κ3) is 3.30. The third-order valence-electron chi connectivity index (χ3n) is 3.99. The van der Waals surface area contributed by atoms with Gasteiger partial charge in [0.05, 0.1) is 11.3 Å². The summed E-state index contributed by atoms with van der Waals surface area (Å²) >= 11 is 0. The van der Waals surface area contributed by atoms with Crippen molar-refractivity contribution in [1.82, 2.24) is 10.3 Å². The standard InChI is InChI=1S/C20H16N2O3/c23-20(22-11-14-6-9-18-19(10-14)25-13-24-18)16-7-8-17(21-12-16)15-4-2-1-3-5-15/h1-10,12H,11,13H2,(H,22,23). The Morgan fingerprint density at radius 2 is 1.84 bits per heavy atom. The van der Waals surface area contributed by atoms with E-state index in [-0.39, 0.29) is 12.7 Å². The van der Waals surface area contributed by atoms with Crippen LogP contribution >= 0.6 is 0 Å². The van der Waals surface area contributed by atoms with Gasteiger partial charge < -0.3 is 14.8 Å². The van der Waals surface area contributed by atoms with E-state index in [0.717, 1.165) is 22.6 Å². The smallest absolute Gasteiger partial charge is 0.253 e. The van der Waals surface area contributed by atoms with Crippen molar-refractivity contribution in [3.63, 3.8) is 0 Å². The van der Waals surface area contributed by atoms with E-state index in [1.807, 2.05) is 54.6 Å². The number of pyridine rings is 1. The van der Waals surface area contributed by atoms with E-state index in [2.05, 4.69) is 10.3 Å². The van der Waals surface area contributed by atoms with Crippen molar-refractivity contribution < 1.29 is 14.3 Å². The average molecular weight is 332 g/mol. The Balaban J connectivity index is 1.41. The van der Waals surface area contributed by atoms with E-state index in [0.29, 0.717) is 17.9 Å². The number of benzene rings is 2. The van der Waals surface area contributed by atoms with E-state index in [1.54, 1.807) is 12.3 Å². The van der Waals surface area contributed by atoms with E-state index >= 15 is 0 Å². The summed E-state index contributed by atoms with van der Waals surface area (Å²) in [5.41, 5.74) is 3.34. The molecule has 4 rings (SSSR count). The molecule has 0 atom stereocenters. The monoisotopic (exact) mass is 332 g/mol. The minimum atomic E-state index is -0.162. The number of amides is 1. The van der Waals surface area contributed by atoms with E-state index < -0.39 is 0 Å². The number of nitrogens with one attached hydrogen (secondary N) is 1. The van der Waals surface area contributed by atoms with Gasteiger partial charge in [0.1, 0.15) is 0 Å². The maximum absolute atomic E-state index is 12.3. The minimum Gasteiger partial charge on any atom is -0.454 e. The topological polar surface area (TPSA) is 60.5 Å². The number of hydrogen-bond donors (Lipinski definition) is 1. The number of fused-ring (bicyclic) bond motifs is 1. The Morgan fingerprint density at radius 3 is 2.64 bits per heavy atom. The zero-order chi connectivity index (χ0) is 17.1. The van der Waals surface area contributed by atoms with Crippen molar-refractivity contribution in [2.45, 2.75) is 6.54 Å². The van der Waals surface area contributed by atoms with Gasteiger partial charge in [-0.3, -0.25) is 9.78 Å². The molecule has 1 N–H and O–H groups in total. The summed E-state index contributed by atoms with van der Waals surface area (Å²) in [4.78, 5) is 16.7. The number of aromatic nitrogens is 1. The summed E-state index contributed by atoms with van der Waals surface area (Å²) in [6.07, 6.45) is 1.59. The summed E-state index contributed by atoms with van der Waals surface area (Å²) in [5, 5.41) is 2.89. The number of ether oxygens (including phenoxy) is 2. The molecule has 0 bridgehead atoms. The van der Waals surface area contributed by atoms with Crippen LogP contribution in [0.4, 0.5) is 0 Å². The van der Waals surface area contributed by atoms with Crippen LogP contribution in [0.5, 0.6) is 11.5 Å². The number of nitrogens with zero attached hydrogens (tertiary/aromatic N) is 1. The summed E-state index contributed by atoms with van der Waals surface area (Å²) in [6, 6.07) is 19.1. The Labute approximate surface area is 145 Å². The molecule has 0 spiro atoms. The summed E-state index contributed by atoms with van der Waals surface area (Å²) in [7, 11) is 0. The van der Waals surface area contributed by atoms with Crippen LogP contribution < -0.4 is 14.8 Å². The highest BCUT2D eigenvalue weighted by Gasteiger charge is 2.13. The Kier molecular flexibility index (Phi) is 4.04. The van der Waals surface area contributed by atoms with Crippen molar-refractivity contribution >= 4 is 5.91 Å². The molecule has 0 unspecified atom stereocenters.